The quantitative estimate of drug-likeness (QED) is 0.746. The summed E-state index contributed by atoms with van der Waals surface area (Å²) in [4.78, 5) is 25.3. The summed E-state index contributed by atoms with van der Waals surface area (Å²) in [5, 5.41) is 0. The topological polar surface area (TPSA) is 65.1 Å². The molecular weight excluding hydrogens is 274 g/mol. The number of nitrogens with zero attached hydrogens (tertiary/aromatic N) is 1. The lowest BCUT2D eigenvalue weighted by molar-refractivity contribution is -0.145. The van der Waals surface area contributed by atoms with Gasteiger partial charge in [-0.2, -0.15) is 0 Å². The SMILES string of the molecule is COC(=O)C(C)CN(C)C(=O)c1cc(OC)cc(OC)c1. The molecule has 6 nitrogen and oxygen atoms in total. The molecule has 0 fully saturated rings. The summed E-state index contributed by atoms with van der Waals surface area (Å²) in [6.45, 7) is 1.98. The molecule has 0 saturated heterocycles. The van der Waals surface area contributed by atoms with E-state index in [-0.39, 0.29) is 18.4 Å². The number of methoxy groups -OCH3 is 3. The highest BCUT2D eigenvalue weighted by Crippen LogP contribution is 2.23. The van der Waals surface area contributed by atoms with Gasteiger partial charge in [0.25, 0.3) is 5.91 Å². The number of benzene rings is 1. The summed E-state index contributed by atoms with van der Waals surface area (Å²) in [7, 11) is 6.00. The summed E-state index contributed by atoms with van der Waals surface area (Å²) < 4.78 is 14.9. The Balaban J connectivity index is 2.89. The Kier molecular flexibility index (Phi) is 6.02. The van der Waals surface area contributed by atoms with Crippen molar-refractivity contribution in [3.05, 3.63) is 23.8 Å². The first-order chi connectivity index (χ1) is 9.92. The van der Waals surface area contributed by atoms with E-state index in [0.29, 0.717) is 17.1 Å². The van der Waals surface area contributed by atoms with Crippen molar-refractivity contribution in [2.75, 3.05) is 34.9 Å². The summed E-state index contributed by atoms with van der Waals surface area (Å²) in [6.07, 6.45) is 0. The van der Waals surface area contributed by atoms with E-state index in [2.05, 4.69) is 4.74 Å². The summed E-state index contributed by atoms with van der Waals surface area (Å²) in [6, 6.07) is 4.95. The molecule has 0 heterocycles. The molecule has 0 N–H and O–H groups in total. The Morgan fingerprint density at radius 1 is 1.10 bits per heavy atom. The average Bonchev–Trinajstić information content (AvgIpc) is 2.52. The predicted molar refractivity (Wildman–Crippen MR) is 77.7 cm³/mol. The van der Waals surface area contributed by atoms with E-state index < -0.39 is 5.92 Å². The number of carbonyl (C=O) groups is 2. The Hall–Kier alpha value is -2.24. The molecule has 1 unspecified atom stereocenters. The first-order valence-electron chi connectivity index (χ1n) is 6.49. The molecule has 0 bridgehead atoms. The molecule has 1 atom stereocenters. The minimum atomic E-state index is -0.392. The fourth-order valence-corrected chi connectivity index (χ4v) is 1.92. The van der Waals surface area contributed by atoms with Gasteiger partial charge < -0.3 is 19.1 Å². The lowest BCUT2D eigenvalue weighted by atomic mass is 10.1. The second kappa shape index (κ2) is 7.52. The maximum absolute atomic E-state index is 12.4. The molecule has 0 aliphatic carbocycles. The van der Waals surface area contributed by atoms with Crippen molar-refractivity contribution in [1.82, 2.24) is 4.90 Å². The number of hydrogen-bond donors (Lipinski definition) is 0. The van der Waals surface area contributed by atoms with Crippen molar-refractivity contribution < 1.29 is 23.8 Å². The number of esters is 1. The van der Waals surface area contributed by atoms with Crippen LogP contribution in [0.15, 0.2) is 18.2 Å². The van der Waals surface area contributed by atoms with Crippen LogP contribution in [-0.2, 0) is 9.53 Å². The van der Waals surface area contributed by atoms with Gasteiger partial charge in [-0.25, -0.2) is 0 Å². The highest BCUT2D eigenvalue weighted by molar-refractivity contribution is 5.95. The molecule has 0 aliphatic rings. The number of carbonyl (C=O) groups excluding carboxylic acids is 2. The maximum Gasteiger partial charge on any atom is 0.310 e. The average molecular weight is 295 g/mol. The summed E-state index contributed by atoms with van der Waals surface area (Å²) >= 11 is 0. The molecule has 1 amide bonds. The standard InChI is InChI=1S/C15H21NO5/c1-10(15(18)21-5)9-16(2)14(17)11-6-12(19-3)8-13(7-11)20-4/h6-8,10H,9H2,1-5H3. The number of rotatable bonds is 6. The van der Waals surface area contributed by atoms with Crippen LogP contribution in [0.5, 0.6) is 11.5 Å². The van der Waals surface area contributed by atoms with Crippen molar-refractivity contribution in [3.63, 3.8) is 0 Å². The van der Waals surface area contributed by atoms with Crippen LogP contribution in [-0.4, -0.2) is 51.7 Å². The number of hydrogen-bond acceptors (Lipinski definition) is 5. The van der Waals surface area contributed by atoms with E-state index in [1.807, 2.05) is 0 Å². The van der Waals surface area contributed by atoms with Crippen LogP contribution in [0.3, 0.4) is 0 Å². The zero-order valence-electron chi connectivity index (χ0n) is 13.0. The maximum atomic E-state index is 12.4. The molecule has 1 aromatic rings. The van der Waals surface area contributed by atoms with Crippen LogP contribution in [0.4, 0.5) is 0 Å². The van der Waals surface area contributed by atoms with Crippen LogP contribution in [0, 0.1) is 5.92 Å². The molecule has 6 heteroatoms. The van der Waals surface area contributed by atoms with Crippen molar-refractivity contribution in [3.8, 4) is 11.5 Å². The van der Waals surface area contributed by atoms with Crippen LogP contribution >= 0.6 is 0 Å². The minimum absolute atomic E-state index is 0.219. The highest BCUT2D eigenvalue weighted by atomic mass is 16.5. The van der Waals surface area contributed by atoms with Crippen LogP contribution in [0.1, 0.15) is 17.3 Å². The molecule has 0 saturated carbocycles. The largest absolute Gasteiger partial charge is 0.497 e. The third-order valence-electron chi connectivity index (χ3n) is 3.10. The van der Waals surface area contributed by atoms with Crippen molar-refractivity contribution in [2.45, 2.75) is 6.92 Å². The van der Waals surface area contributed by atoms with Gasteiger partial charge in [0.05, 0.1) is 27.2 Å². The Morgan fingerprint density at radius 2 is 1.62 bits per heavy atom. The Labute approximate surface area is 124 Å². The van der Waals surface area contributed by atoms with Gasteiger partial charge in [-0.15, -0.1) is 0 Å². The van der Waals surface area contributed by atoms with Crippen LogP contribution in [0.2, 0.25) is 0 Å². The first kappa shape index (κ1) is 16.8. The predicted octanol–water partition coefficient (Wildman–Crippen LogP) is 1.58. The fraction of sp³-hybridized carbons (Fsp3) is 0.467. The van der Waals surface area contributed by atoms with Crippen LogP contribution in [0.25, 0.3) is 0 Å². The van der Waals surface area contributed by atoms with Crippen LogP contribution < -0.4 is 9.47 Å². The third-order valence-corrected chi connectivity index (χ3v) is 3.10. The monoisotopic (exact) mass is 295 g/mol. The van der Waals surface area contributed by atoms with Gasteiger partial charge in [0, 0.05) is 25.2 Å². The minimum Gasteiger partial charge on any atom is -0.497 e. The van der Waals surface area contributed by atoms with Crippen molar-refractivity contribution >= 4 is 11.9 Å². The molecule has 0 spiro atoms. The summed E-state index contributed by atoms with van der Waals surface area (Å²) in [5.74, 6) is 0.108. The smallest absolute Gasteiger partial charge is 0.310 e. The first-order valence-corrected chi connectivity index (χ1v) is 6.49. The molecule has 1 aromatic carbocycles. The molecule has 1 rings (SSSR count). The van der Waals surface area contributed by atoms with E-state index in [4.69, 9.17) is 9.47 Å². The fourth-order valence-electron chi connectivity index (χ4n) is 1.92. The van der Waals surface area contributed by atoms with Gasteiger partial charge in [-0.05, 0) is 12.1 Å². The zero-order chi connectivity index (χ0) is 16.0. The third kappa shape index (κ3) is 4.37. The normalized spacial score (nSPS) is 11.5. The molecule has 21 heavy (non-hydrogen) atoms. The van der Waals surface area contributed by atoms with Gasteiger partial charge in [-0.1, -0.05) is 6.92 Å². The molecule has 0 radical (unpaired) electrons. The molecule has 116 valence electrons. The second-order valence-electron chi connectivity index (χ2n) is 4.71. The van der Waals surface area contributed by atoms with Gasteiger partial charge >= 0.3 is 5.97 Å². The second-order valence-corrected chi connectivity index (χ2v) is 4.71. The van der Waals surface area contributed by atoms with Gasteiger partial charge in [-0.3, -0.25) is 9.59 Å². The van der Waals surface area contributed by atoms with E-state index in [9.17, 15) is 9.59 Å². The van der Waals surface area contributed by atoms with Crippen molar-refractivity contribution in [2.24, 2.45) is 5.92 Å². The van der Waals surface area contributed by atoms with E-state index >= 15 is 0 Å². The molecule has 0 aromatic heterocycles. The molecule has 0 aliphatic heterocycles. The van der Waals surface area contributed by atoms with Gasteiger partial charge in [0.15, 0.2) is 0 Å². The Morgan fingerprint density at radius 3 is 2.05 bits per heavy atom. The lowest BCUT2D eigenvalue weighted by Gasteiger charge is -2.21. The van der Waals surface area contributed by atoms with E-state index in [1.165, 1.54) is 26.2 Å². The number of ether oxygens (including phenoxy) is 3. The van der Waals surface area contributed by atoms with Gasteiger partial charge in [0.1, 0.15) is 11.5 Å². The number of amides is 1. The van der Waals surface area contributed by atoms with E-state index in [0.717, 1.165) is 0 Å². The summed E-state index contributed by atoms with van der Waals surface area (Å²) in [5.41, 5.74) is 0.436. The van der Waals surface area contributed by atoms with E-state index in [1.54, 1.807) is 32.2 Å². The Bertz CT molecular complexity index is 493. The molecular formula is C15H21NO5. The lowest BCUT2D eigenvalue weighted by Crippen LogP contribution is -2.34. The van der Waals surface area contributed by atoms with Gasteiger partial charge in [0.2, 0.25) is 0 Å². The zero-order valence-corrected chi connectivity index (χ0v) is 13.0. The highest BCUT2D eigenvalue weighted by Gasteiger charge is 2.20. The van der Waals surface area contributed by atoms with Crippen molar-refractivity contribution in [1.29, 1.82) is 0 Å².